The quantitative estimate of drug-likeness (QED) is 0.812. The van der Waals surface area contributed by atoms with Gasteiger partial charge in [0.2, 0.25) is 5.91 Å². The Hall–Kier alpha value is -1.69. The first kappa shape index (κ1) is 15.4. The predicted molar refractivity (Wildman–Crippen MR) is 75.0 cm³/mol. The number of nitrogens with zero attached hydrogens (tertiary/aromatic N) is 2. The zero-order chi connectivity index (χ0) is 14.4. The molecule has 1 amide bonds. The van der Waals surface area contributed by atoms with Gasteiger partial charge in [-0.2, -0.15) is 0 Å². The molecule has 104 valence electrons. The standard InChI is InChI=1S/C13H18N2O3S/c1-4-9(2)15(7-13(17)18)12(16)6-5-11-8-19-10(3)14-11/h5-6,8-9H,4,7H2,1-3H3,(H,17,18)/b6-5+. The van der Waals surface area contributed by atoms with Crippen LogP contribution < -0.4 is 0 Å². The van der Waals surface area contributed by atoms with Gasteiger partial charge in [-0.15, -0.1) is 11.3 Å². The molecule has 0 aromatic carbocycles. The van der Waals surface area contributed by atoms with Crippen molar-refractivity contribution in [3.05, 3.63) is 22.2 Å². The molecule has 1 rings (SSSR count). The van der Waals surface area contributed by atoms with Crippen LogP contribution in [0.15, 0.2) is 11.5 Å². The van der Waals surface area contributed by atoms with Gasteiger partial charge in [-0.1, -0.05) is 6.92 Å². The zero-order valence-electron chi connectivity index (χ0n) is 11.3. The number of carboxylic acid groups (broad SMARTS) is 1. The molecule has 0 saturated carbocycles. The summed E-state index contributed by atoms with van der Waals surface area (Å²) in [6, 6.07) is -0.106. The maximum absolute atomic E-state index is 12.0. The fourth-order valence-electron chi connectivity index (χ4n) is 1.53. The summed E-state index contributed by atoms with van der Waals surface area (Å²) in [6.07, 6.45) is 3.70. The molecule has 6 heteroatoms. The number of aryl methyl sites for hydroxylation is 1. The SMILES string of the molecule is CCC(C)N(CC(=O)O)C(=O)/C=C/c1csc(C)n1. The molecule has 0 radical (unpaired) electrons. The number of carbonyl (C=O) groups is 2. The van der Waals surface area contributed by atoms with Crippen LogP contribution in [0.5, 0.6) is 0 Å². The van der Waals surface area contributed by atoms with Crippen LogP contribution in [0.3, 0.4) is 0 Å². The number of aliphatic carboxylic acids is 1. The normalized spacial score (nSPS) is 12.6. The smallest absolute Gasteiger partial charge is 0.323 e. The molecule has 1 unspecified atom stereocenters. The average molecular weight is 282 g/mol. The van der Waals surface area contributed by atoms with E-state index < -0.39 is 5.97 Å². The molecule has 0 aliphatic heterocycles. The summed E-state index contributed by atoms with van der Waals surface area (Å²) in [5.41, 5.74) is 0.718. The Bertz CT molecular complexity index is 482. The third kappa shape index (κ3) is 4.82. The molecule has 0 saturated heterocycles. The van der Waals surface area contributed by atoms with Gasteiger partial charge < -0.3 is 10.0 Å². The second-order valence-electron chi connectivity index (χ2n) is 4.24. The molecule has 1 aromatic heterocycles. The van der Waals surface area contributed by atoms with Gasteiger partial charge in [0.15, 0.2) is 0 Å². The fourth-order valence-corrected chi connectivity index (χ4v) is 2.11. The summed E-state index contributed by atoms with van der Waals surface area (Å²) in [4.78, 5) is 28.4. The molecule has 0 fully saturated rings. The van der Waals surface area contributed by atoms with Crippen LogP contribution in [-0.4, -0.2) is 39.5 Å². The molecule has 0 spiro atoms. The molecule has 5 nitrogen and oxygen atoms in total. The van der Waals surface area contributed by atoms with E-state index in [1.54, 1.807) is 6.08 Å². The van der Waals surface area contributed by atoms with Crippen LogP contribution in [0.4, 0.5) is 0 Å². The van der Waals surface area contributed by atoms with Crippen LogP contribution >= 0.6 is 11.3 Å². The largest absolute Gasteiger partial charge is 0.480 e. The van der Waals surface area contributed by atoms with E-state index in [1.165, 1.54) is 22.3 Å². The van der Waals surface area contributed by atoms with Gasteiger partial charge in [0.05, 0.1) is 10.7 Å². The highest BCUT2D eigenvalue weighted by atomic mass is 32.1. The number of amides is 1. The molecule has 0 bridgehead atoms. The summed E-state index contributed by atoms with van der Waals surface area (Å²) in [6.45, 7) is 5.36. The highest BCUT2D eigenvalue weighted by molar-refractivity contribution is 7.09. The summed E-state index contributed by atoms with van der Waals surface area (Å²) in [7, 11) is 0. The first-order chi connectivity index (χ1) is 8.93. The van der Waals surface area contributed by atoms with Crippen molar-refractivity contribution in [1.29, 1.82) is 0 Å². The summed E-state index contributed by atoms with van der Waals surface area (Å²) < 4.78 is 0. The van der Waals surface area contributed by atoms with E-state index in [0.717, 1.165) is 10.7 Å². The van der Waals surface area contributed by atoms with Crippen molar-refractivity contribution in [3.8, 4) is 0 Å². The summed E-state index contributed by atoms with van der Waals surface area (Å²) >= 11 is 1.50. The maximum Gasteiger partial charge on any atom is 0.323 e. The molecule has 0 aliphatic carbocycles. The lowest BCUT2D eigenvalue weighted by Gasteiger charge is -2.25. The van der Waals surface area contributed by atoms with Crippen molar-refractivity contribution in [1.82, 2.24) is 9.88 Å². The number of carbonyl (C=O) groups excluding carboxylic acids is 1. The maximum atomic E-state index is 12.0. The van der Waals surface area contributed by atoms with Crippen LogP contribution in [0.1, 0.15) is 31.0 Å². The number of hydrogen-bond acceptors (Lipinski definition) is 4. The fraction of sp³-hybridized carbons (Fsp3) is 0.462. The van der Waals surface area contributed by atoms with Gasteiger partial charge in [-0.3, -0.25) is 9.59 Å². The van der Waals surface area contributed by atoms with Crippen molar-refractivity contribution < 1.29 is 14.7 Å². The Kier molecular flexibility index (Phi) is 5.69. The highest BCUT2D eigenvalue weighted by Crippen LogP contribution is 2.10. The third-order valence-electron chi connectivity index (χ3n) is 2.75. The van der Waals surface area contributed by atoms with E-state index in [2.05, 4.69) is 4.98 Å². The minimum Gasteiger partial charge on any atom is -0.480 e. The molecule has 1 N–H and O–H groups in total. The second kappa shape index (κ2) is 7.04. The van der Waals surface area contributed by atoms with Gasteiger partial charge in [0, 0.05) is 17.5 Å². The van der Waals surface area contributed by atoms with Crippen LogP contribution in [0, 0.1) is 6.92 Å². The Morgan fingerprint density at radius 1 is 1.58 bits per heavy atom. The van der Waals surface area contributed by atoms with Gasteiger partial charge in [0.1, 0.15) is 6.54 Å². The average Bonchev–Trinajstić information content (AvgIpc) is 2.77. The summed E-state index contributed by atoms with van der Waals surface area (Å²) in [5.74, 6) is -1.31. The van der Waals surface area contributed by atoms with E-state index in [9.17, 15) is 9.59 Å². The van der Waals surface area contributed by atoms with Crippen molar-refractivity contribution >= 4 is 29.3 Å². The second-order valence-corrected chi connectivity index (χ2v) is 5.30. The minimum absolute atomic E-state index is 0.106. The lowest BCUT2D eigenvalue weighted by molar-refractivity contribution is -0.144. The van der Waals surface area contributed by atoms with Gasteiger partial charge in [0.25, 0.3) is 0 Å². The molecule has 1 aromatic rings. The monoisotopic (exact) mass is 282 g/mol. The van der Waals surface area contributed by atoms with E-state index in [-0.39, 0.29) is 18.5 Å². The Labute approximate surface area is 116 Å². The third-order valence-corrected chi connectivity index (χ3v) is 3.54. The van der Waals surface area contributed by atoms with E-state index in [4.69, 9.17) is 5.11 Å². The van der Waals surface area contributed by atoms with Crippen molar-refractivity contribution in [3.63, 3.8) is 0 Å². The van der Waals surface area contributed by atoms with Gasteiger partial charge in [-0.25, -0.2) is 4.98 Å². The number of aromatic nitrogens is 1. The summed E-state index contributed by atoms with van der Waals surface area (Å²) in [5, 5.41) is 11.6. The molecule has 1 heterocycles. The molecular formula is C13H18N2O3S. The Balaban J connectivity index is 2.76. The first-order valence-electron chi connectivity index (χ1n) is 6.06. The predicted octanol–water partition coefficient (Wildman–Crippen LogP) is 2.18. The van der Waals surface area contributed by atoms with Crippen LogP contribution in [0.25, 0.3) is 6.08 Å². The zero-order valence-corrected chi connectivity index (χ0v) is 12.1. The number of hydrogen-bond donors (Lipinski definition) is 1. The molecule has 0 aliphatic rings. The number of thiazole rings is 1. The van der Waals surface area contributed by atoms with E-state index in [1.807, 2.05) is 26.2 Å². The Morgan fingerprint density at radius 2 is 2.26 bits per heavy atom. The van der Waals surface area contributed by atoms with Gasteiger partial charge in [-0.05, 0) is 26.3 Å². The lowest BCUT2D eigenvalue weighted by Crippen LogP contribution is -2.40. The number of rotatable bonds is 6. The van der Waals surface area contributed by atoms with Crippen LogP contribution in [-0.2, 0) is 9.59 Å². The van der Waals surface area contributed by atoms with Crippen LogP contribution in [0.2, 0.25) is 0 Å². The van der Waals surface area contributed by atoms with E-state index in [0.29, 0.717) is 6.42 Å². The molecular weight excluding hydrogens is 264 g/mol. The first-order valence-corrected chi connectivity index (χ1v) is 6.94. The minimum atomic E-state index is -1.01. The number of carboxylic acids is 1. The Morgan fingerprint density at radius 3 is 2.74 bits per heavy atom. The topological polar surface area (TPSA) is 70.5 Å². The molecule has 1 atom stereocenters. The molecule has 19 heavy (non-hydrogen) atoms. The van der Waals surface area contributed by atoms with E-state index >= 15 is 0 Å². The lowest BCUT2D eigenvalue weighted by atomic mass is 10.2. The van der Waals surface area contributed by atoms with Crippen molar-refractivity contribution in [2.75, 3.05) is 6.54 Å². The highest BCUT2D eigenvalue weighted by Gasteiger charge is 2.19. The van der Waals surface area contributed by atoms with Crippen molar-refractivity contribution in [2.24, 2.45) is 0 Å². The van der Waals surface area contributed by atoms with Crippen molar-refractivity contribution in [2.45, 2.75) is 33.2 Å². The van der Waals surface area contributed by atoms with Gasteiger partial charge >= 0.3 is 5.97 Å².